The predicted octanol–water partition coefficient (Wildman–Crippen LogP) is 5.31. The highest BCUT2D eigenvalue weighted by Crippen LogP contribution is 2.41. The highest BCUT2D eigenvalue weighted by atomic mass is 35.5. The topological polar surface area (TPSA) is 12.0 Å². The first kappa shape index (κ1) is 13.5. The molecule has 104 valence electrons. The predicted molar refractivity (Wildman–Crippen MR) is 86.8 cm³/mol. The van der Waals surface area contributed by atoms with Crippen molar-refractivity contribution in [1.82, 2.24) is 0 Å². The minimum atomic E-state index is 0.566. The van der Waals surface area contributed by atoms with Crippen LogP contribution in [0, 0.1) is 13.8 Å². The normalized spacial score (nSPS) is 21.4. The molecule has 2 heteroatoms. The third kappa shape index (κ3) is 2.55. The molecular formula is C18H20ClN. The summed E-state index contributed by atoms with van der Waals surface area (Å²) in [6, 6.07) is 15.2. The van der Waals surface area contributed by atoms with Crippen LogP contribution in [0.2, 0.25) is 5.02 Å². The lowest BCUT2D eigenvalue weighted by Gasteiger charge is -2.37. The molecule has 3 rings (SSSR count). The first-order valence-electron chi connectivity index (χ1n) is 7.22. The molecule has 0 aliphatic heterocycles. The van der Waals surface area contributed by atoms with E-state index in [1.807, 2.05) is 12.1 Å². The zero-order chi connectivity index (χ0) is 14.1. The van der Waals surface area contributed by atoms with E-state index in [4.69, 9.17) is 11.6 Å². The summed E-state index contributed by atoms with van der Waals surface area (Å²) in [5, 5.41) is 4.57. The van der Waals surface area contributed by atoms with Crippen LogP contribution in [-0.2, 0) is 0 Å². The molecule has 0 unspecified atom stereocenters. The zero-order valence-corrected chi connectivity index (χ0v) is 12.7. The number of benzene rings is 2. The maximum Gasteiger partial charge on any atom is 0.0440 e. The lowest BCUT2D eigenvalue weighted by molar-refractivity contribution is 0.374. The second kappa shape index (κ2) is 5.49. The molecule has 0 amide bonds. The van der Waals surface area contributed by atoms with Crippen LogP contribution >= 0.6 is 11.6 Å². The van der Waals surface area contributed by atoms with Crippen molar-refractivity contribution in [2.24, 2.45) is 0 Å². The first-order valence-corrected chi connectivity index (χ1v) is 7.60. The number of nitrogens with one attached hydrogen (secondary N) is 1. The van der Waals surface area contributed by atoms with Gasteiger partial charge in [0.2, 0.25) is 0 Å². The van der Waals surface area contributed by atoms with Crippen molar-refractivity contribution in [3.63, 3.8) is 0 Å². The third-order valence-electron chi connectivity index (χ3n) is 4.45. The van der Waals surface area contributed by atoms with Crippen molar-refractivity contribution in [1.29, 1.82) is 0 Å². The van der Waals surface area contributed by atoms with Crippen LogP contribution in [0.1, 0.15) is 35.4 Å². The molecular weight excluding hydrogens is 266 g/mol. The Morgan fingerprint density at radius 2 is 1.75 bits per heavy atom. The lowest BCUT2D eigenvalue weighted by Crippen LogP contribution is -2.34. The molecule has 1 fully saturated rings. The average Bonchev–Trinajstić information content (AvgIpc) is 2.39. The van der Waals surface area contributed by atoms with E-state index in [-0.39, 0.29) is 0 Å². The van der Waals surface area contributed by atoms with Gasteiger partial charge in [0.1, 0.15) is 0 Å². The summed E-state index contributed by atoms with van der Waals surface area (Å²) in [5.74, 6) is 0.603. The SMILES string of the molecule is Cc1cccc(NC2CC(c3ccccc3Cl)C2)c1C. The van der Waals surface area contributed by atoms with Gasteiger partial charge in [0.25, 0.3) is 0 Å². The monoisotopic (exact) mass is 285 g/mol. The molecule has 1 aliphatic rings. The molecule has 0 saturated heterocycles. The van der Waals surface area contributed by atoms with E-state index in [0.717, 1.165) is 17.9 Å². The lowest BCUT2D eigenvalue weighted by atomic mass is 9.75. The fraction of sp³-hybridized carbons (Fsp3) is 0.333. The Kier molecular flexibility index (Phi) is 3.71. The summed E-state index contributed by atoms with van der Waals surface area (Å²) >= 11 is 6.27. The van der Waals surface area contributed by atoms with Gasteiger partial charge in [-0.1, -0.05) is 41.9 Å². The van der Waals surface area contributed by atoms with E-state index in [1.165, 1.54) is 22.4 Å². The van der Waals surface area contributed by atoms with Crippen LogP contribution in [0.25, 0.3) is 0 Å². The van der Waals surface area contributed by atoms with Gasteiger partial charge in [-0.2, -0.15) is 0 Å². The third-order valence-corrected chi connectivity index (χ3v) is 4.79. The number of hydrogen-bond acceptors (Lipinski definition) is 1. The van der Waals surface area contributed by atoms with Crippen molar-refractivity contribution in [2.45, 2.75) is 38.6 Å². The number of rotatable bonds is 3. The van der Waals surface area contributed by atoms with E-state index in [9.17, 15) is 0 Å². The largest absolute Gasteiger partial charge is 0.382 e. The van der Waals surface area contributed by atoms with Gasteiger partial charge in [-0.05, 0) is 61.4 Å². The maximum absolute atomic E-state index is 6.27. The van der Waals surface area contributed by atoms with Gasteiger partial charge >= 0.3 is 0 Å². The summed E-state index contributed by atoms with van der Waals surface area (Å²) < 4.78 is 0. The Morgan fingerprint density at radius 1 is 1.00 bits per heavy atom. The van der Waals surface area contributed by atoms with Crippen LogP contribution in [0.5, 0.6) is 0 Å². The summed E-state index contributed by atoms with van der Waals surface area (Å²) in [6.07, 6.45) is 2.33. The van der Waals surface area contributed by atoms with Crippen molar-refractivity contribution < 1.29 is 0 Å². The molecule has 0 atom stereocenters. The van der Waals surface area contributed by atoms with Gasteiger partial charge in [0.15, 0.2) is 0 Å². The standard InChI is InChI=1S/C18H20ClN/c1-12-6-5-9-18(13(12)2)20-15-10-14(11-15)16-7-3-4-8-17(16)19/h3-9,14-15,20H,10-11H2,1-2H3. The van der Waals surface area contributed by atoms with Crippen molar-refractivity contribution in [3.05, 3.63) is 64.2 Å². The highest BCUT2D eigenvalue weighted by molar-refractivity contribution is 6.31. The summed E-state index contributed by atoms with van der Waals surface area (Å²) in [4.78, 5) is 0. The van der Waals surface area contributed by atoms with Gasteiger partial charge in [-0.15, -0.1) is 0 Å². The van der Waals surface area contributed by atoms with Gasteiger partial charge in [0.05, 0.1) is 0 Å². The fourth-order valence-electron chi connectivity index (χ4n) is 2.92. The maximum atomic E-state index is 6.27. The Labute approximate surface area is 126 Å². The van der Waals surface area contributed by atoms with E-state index >= 15 is 0 Å². The van der Waals surface area contributed by atoms with Crippen LogP contribution in [-0.4, -0.2) is 6.04 Å². The van der Waals surface area contributed by atoms with Crippen LogP contribution in [0.4, 0.5) is 5.69 Å². The summed E-state index contributed by atoms with van der Waals surface area (Å²) in [6.45, 7) is 4.34. The molecule has 1 saturated carbocycles. The molecule has 2 aromatic carbocycles. The minimum absolute atomic E-state index is 0.566. The second-order valence-electron chi connectivity index (χ2n) is 5.78. The smallest absolute Gasteiger partial charge is 0.0440 e. The number of hydrogen-bond donors (Lipinski definition) is 1. The average molecular weight is 286 g/mol. The Bertz CT molecular complexity index is 615. The molecule has 2 aromatic rings. The molecule has 1 aliphatic carbocycles. The molecule has 1 nitrogen and oxygen atoms in total. The summed E-state index contributed by atoms with van der Waals surface area (Å²) in [5.41, 5.74) is 5.27. The van der Waals surface area contributed by atoms with Gasteiger partial charge in [0, 0.05) is 16.8 Å². The fourth-order valence-corrected chi connectivity index (χ4v) is 3.21. The molecule has 0 radical (unpaired) electrons. The Morgan fingerprint density at radius 3 is 2.50 bits per heavy atom. The van der Waals surface area contributed by atoms with E-state index < -0.39 is 0 Å². The molecule has 0 heterocycles. The van der Waals surface area contributed by atoms with E-state index in [0.29, 0.717) is 12.0 Å². The number of aryl methyl sites for hydroxylation is 1. The Hall–Kier alpha value is -1.47. The zero-order valence-electron chi connectivity index (χ0n) is 12.0. The quantitative estimate of drug-likeness (QED) is 0.805. The molecule has 1 N–H and O–H groups in total. The van der Waals surface area contributed by atoms with Gasteiger partial charge < -0.3 is 5.32 Å². The van der Waals surface area contributed by atoms with E-state index in [1.54, 1.807) is 0 Å². The van der Waals surface area contributed by atoms with Crippen LogP contribution in [0.3, 0.4) is 0 Å². The van der Waals surface area contributed by atoms with E-state index in [2.05, 4.69) is 49.5 Å². The Balaban J connectivity index is 1.64. The van der Waals surface area contributed by atoms with Crippen LogP contribution < -0.4 is 5.32 Å². The van der Waals surface area contributed by atoms with Crippen LogP contribution in [0.15, 0.2) is 42.5 Å². The van der Waals surface area contributed by atoms with Gasteiger partial charge in [-0.3, -0.25) is 0 Å². The van der Waals surface area contributed by atoms with Crippen molar-refractivity contribution in [2.75, 3.05) is 5.32 Å². The molecule has 0 bridgehead atoms. The first-order chi connectivity index (χ1) is 9.65. The second-order valence-corrected chi connectivity index (χ2v) is 6.19. The molecule has 20 heavy (non-hydrogen) atoms. The van der Waals surface area contributed by atoms with Crippen molar-refractivity contribution in [3.8, 4) is 0 Å². The summed E-state index contributed by atoms with van der Waals surface area (Å²) in [7, 11) is 0. The van der Waals surface area contributed by atoms with Gasteiger partial charge in [-0.25, -0.2) is 0 Å². The molecule has 0 spiro atoms. The number of anilines is 1. The highest BCUT2D eigenvalue weighted by Gasteiger charge is 2.31. The van der Waals surface area contributed by atoms with Crippen molar-refractivity contribution >= 4 is 17.3 Å². The molecule has 0 aromatic heterocycles. The minimum Gasteiger partial charge on any atom is -0.382 e. The number of halogens is 1.